The Morgan fingerprint density at radius 1 is 1.00 bits per heavy atom. The van der Waals surface area contributed by atoms with Crippen LogP contribution in [0, 0.1) is 10.1 Å². The number of hydrogen-bond acceptors (Lipinski definition) is 5. The molecule has 3 rings (SSSR count). The van der Waals surface area contributed by atoms with Crippen LogP contribution in [0.1, 0.15) is 21.5 Å². The van der Waals surface area contributed by atoms with Gasteiger partial charge in [0.1, 0.15) is 0 Å². The Hall–Kier alpha value is -3.29. The smallest absolute Gasteiger partial charge is 0.270 e. The second-order valence-corrected chi connectivity index (χ2v) is 8.05. The summed E-state index contributed by atoms with van der Waals surface area (Å²) < 4.78 is 10.7. The van der Waals surface area contributed by atoms with Gasteiger partial charge < -0.3 is 14.4 Å². The van der Waals surface area contributed by atoms with E-state index in [-0.39, 0.29) is 23.7 Å². The average Bonchev–Trinajstić information content (AvgIpc) is 2.82. The minimum atomic E-state index is -0.525. The highest BCUT2D eigenvalue weighted by molar-refractivity contribution is 6.35. The quantitative estimate of drug-likeness (QED) is 0.280. The average molecular weight is 489 g/mol. The normalized spacial score (nSPS) is 10.5. The summed E-state index contributed by atoms with van der Waals surface area (Å²) in [6.07, 6.45) is 0.476. The molecule has 0 atom stereocenters. The van der Waals surface area contributed by atoms with E-state index in [0.717, 1.165) is 11.1 Å². The zero-order chi connectivity index (χ0) is 24.0. The number of non-ortho nitro benzene ring substituents is 1. The molecule has 33 heavy (non-hydrogen) atoms. The van der Waals surface area contributed by atoms with Crippen LogP contribution in [0.5, 0.6) is 11.5 Å². The van der Waals surface area contributed by atoms with Crippen molar-refractivity contribution in [2.24, 2.45) is 0 Å². The van der Waals surface area contributed by atoms with Gasteiger partial charge in [0.15, 0.2) is 11.5 Å². The third-order valence-electron chi connectivity index (χ3n) is 5.08. The van der Waals surface area contributed by atoms with Gasteiger partial charge >= 0.3 is 0 Å². The number of rotatable bonds is 9. The third-order valence-corrected chi connectivity index (χ3v) is 5.67. The van der Waals surface area contributed by atoms with Crippen LogP contribution >= 0.6 is 23.2 Å². The summed E-state index contributed by atoms with van der Waals surface area (Å²) >= 11 is 12.3. The molecule has 0 spiro atoms. The lowest BCUT2D eigenvalue weighted by molar-refractivity contribution is -0.384. The van der Waals surface area contributed by atoms with E-state index in [2.05, 4.69) is 0 Å². The molecule has 172 valence electrons. The van der Waals surface area contributed by atoms with Gasteiger partial charge in [-0.25, -0.2) is 0 Å². The molecule has 0 radical (unpaired) electrons. The number of carbonyl (C=O) groups excluding carboxylic acids is 1. The second kappa shape index (κ2) is 11.0. The fourth-order valence-electron chi connectivity index (χ4n) is 3.37. The number of ether oxygens (including phenoxy) is 2. The lowest BCUT2D eigenvalue weighted by Crippen LogP contribution is -2.32. The molecular formula is C24H22Cl2N2O5. The van der Waals surface area contributed by atoms with E-state index in [1.165, 1.54) is 25.3 Å². The zero-order valence-corrected chi connectivity index (χ0v) is 19.6. The van der Waals surface area contributed by atoms with Crippen molar-refractivity contribution in [3.8, 4) is 11.5 Å². The fraction of sp³-hybridized carbons (Fsp3) is 0.208. The van der Waals surface area contributed by atoms with Gasteiger partial charge in [-0.2, -0.15) is 0 Å². The molecule has 0 heterocycles. The van der Waals surface area contributed by atoms with Crippen molar-refractivity contribution in [2.75, 3.05) is 20.8 Å². The van der Waals surface area contributed by atoms with Crippen LogP contribution < -0.4 is 9.47 Å². The number of nitro groups is 1. The van der Waals surface area contributed by atoms with E-state index in [4.69, 9.17) is 32.7 Å². The highest BCUT2D eigenvalue weighted by Crippen LogP contribution is 2.29. The van der Waals surface area contributed by atoms with Crippen molar-refractivity contribution in [1.29, 1.82) is 0 Å². The summed E-state index contributed by atoms with van der Waals surface area (Å²) in [6, 6.07) is 16.3. The molecule has 0 bridgehead atoms. The van der Waals surface area contributed by atoms with E-state index < -0.39 is 4.92 Å². The Kier molecular flexibility index (Phi) is 8.14. The number of nitro benzene ring substituents is 1. The highest BCUT2D eigenvalue weighted by atomic mass is 35.5. The Morgan fingerprint density at radius 3 is 2.42 bits per heavy atom. The van der Waals surface area contributed by atoms with Crippen molar-refractivity contribution < 1.29 is 19.2 Å². The van der Waals surface area contributed by atoms with Gasteiger partial charge in [0.2, 0.25) is 0 Å². The van der Waals surface area contributed by atoms with Gasteiger partial charge in [0.05, 0.1) is 19.1 Å². The molecule has 0 saturated heterocycles. The van der Waals surface area contributed by atoms with Crippen molar-refractivity contribution in [3.63, 3.8) is 0 Å². The summed E-state index contributed by atoms with van der Waals surface area (Å²) in [6.45, 7) is 0.588. The first-order valence-electron chi connectivity index (χ1n) is 10.0. The van der Waals surface area contributed by atoms with Crippen molar-refractivity contribution in [3.05, 3.63) is 97.5 Å². The minimum Gasteiger partial charge on any atom is -0.493 e. The molecule has 0 aliphatic heterocycles. The van der Waals surface area contributed by atoms with Gasteiger partial charge in [-0.3, -0.25) is 14.9 Å². The van der Waals surface area contributed by atoms with Gasteiger partial charge in [0, 0.05) is 40.8 Å². The Morgan fingerprint density at radius 2 is 1.76 bits per heavy atom. The first-order valence-corrected chi connectivity index (χ1v) is 10.8. The molecule has 3 aromatic carbocycles. The molecular weight excluding hydrogens is 467 g/mol. The molecule has 0 aromatic heterocycles. The molecule has 3 aromatic rings. The molecule has 7 nitrogen and oxygen atoms in total. The summed E-state index contributed by atoms with van der Waals surface area (Å²) in [5, 5.41) is 12.2. The molecule has 9 heteroatoms. The van der Waals surface area contributed by atoms with E-state index in [9.17, 15) is 14.9 Å². The summed E-state index contributed by atoms with van der Waals surface area (Å²) in [5.41, 5.74) is 1.73. The van der Waals surface area contributed by atoms with Crippen LogP contribution in [-0.2, 0) is 13.0 Å². The Balaban J connectivity index is 1.90. The fourth-order valence-corrected chi connectivity index (χ4v) is 3.87. The first-order chi connectivity index (χ1) is 15.8. The van der Waals surface area contributed by atoms with Crippen molar-refractivity contribution in [1.82, 2.24) is 4.90 Å². The van der Waals surface area contributed by atoms with Gasteiger partial charge in [0.25, 0.3) is 11.6 Å². The molecule has 0 fully saturated rings. The maximum absolute atomic E-state index is 13.4. The van der Waals surface area contributed by atoms with Gasteiger partial charge in [-0.1, -0.05) is 41.4 Å². The van der Waals surface area contributed by atoms with E-state index in [0.29, 0.717) is 34.5 Å². The number of nitrogens with zero attached hydrogens (tertiary/aromatic N) is 2. The largest absolute Gasteiger partial charge is 0.493 e. The van der Waals surface area contributed by atoms with Gasteiger partial charge in [-0.15, -0.1) is 0 Å². The molecule has 0 aliphatic rings. The Labute approximate surface area is 201 Å². The topological polar surface area (TPSA) is 81.9 Å². The molecule has 1 amide bonds. The predicted octanol–water partition coefficient (Wildman–Crippen LogP) is 5.80. The molecule has 0 aliphatic carbocycles. The maximum atomic E-state index is 13.4. The monoisotopic (exact) mass is 488 g/mol. The van der Waals surface area contributed by atoms with Crippen molar-refractivity contribution in [2.45, 2.75) is 13.0 Å². The van der Waals surface area contributed by atoms with E-state index in [1.807, 2.05) is 12.1 Å². The highest BCUT2D eigenvalue weighted by Gasteiger charge is 2.20. The Bertz CT molecular complexity index is 1170. The molecule has 0 unspecified atom stereocenters. The lowest BCUT2D eigenvalue weighted by Gasteiger charge is -2.24. The van der Waals surface area contributed by atoms with E-state index in [1.54, 1.807) is 42.3 Å². The van der Waals surface area contributed by atoms with Crippen LogP contribution in [-0.4, -0.2) is 36.5 Å². The van der Waals surface area contributed by atoms with Crippen LogP contribution in [0.4, 0.5) is 5.69 Å². The maximum Gasteiger partial charge on any atom is 0.270 e. The minimum absolute atomic E-state index is 0.146. The number of carbonyl (C=O) groups is 1. The van der Waals surface area contributed by atoms with Crippen LogP contribution in [0.15, 0.2) is 60.7 Å². The summed E-state index contributed by atoms with van der Waals surface area (Å²) in [4.78, 5) is 25.6. The SMILES string of the molecule is COc1ccc(CN(CCc2ccc(Cl)cc2Cl)C(=O)c2cccc([N+](=O)[O-])c2)cc1OC. The number of benzene rings is 3. The van der Waals surface area contributed by atoms with Gasteiger partial charge in [-0.05, 0) is 47.9 Å². The summed E-state index contributed by atoms with van der Waals surface area (Å²) in [7, 11) is 3.09. The number of hydrogen-bond donors (Lipinski definition) is 0. The molecule has 0 N–H and O–H groups in total. The number of amides is 1. The third kappa shape index (κ3) is 6.15. The predicted molar refractivity (Wildman–Crippen MR) is 128 cm³/mol. The zero-order valence-electron chi connectivity index (χ0n) is 18.1. The van der Waals surface area contributed by atoms with Crippen LogP contribution in [0.25, 0.3) is 0 Å². The standard InChI is InChI=1S/C24H22Cl2N2O5/c1-32-22-9-6-16(12-23(22)33-2)15-27(11-10-17-7-8-19(25)14-21(17)26)24(29)18-4-3-5-20(13-18)28(30)31/h3-9,12-14H,10-11,15H2,1-2H3. The second-order valence-electron chi connectivity index (χ2n) is 7.21. The number of halogens is 2. The summed E-state index contributed by atoms with van der Waals surface area (Å²) in [5.74, 6) is 0.780. The van der Waals surface area contributed by atoms with Crippen molar-refractivity contribution >= 4 is 34.8 Å². The van der Waals surface area contributed by atoms with E-state index >= 15 is 0 Å². The lowest BCUT2D eigenvalue weighted by atomic mass is 10.1. The number of methoxy groups -OCH3 is 2. The first kappa shape index (κ1) is 24.4. The van der Waals surface area contributed by atoms with Crippen LogP contribution in [0.2, 0.25) is 10.0 Å². The molecule has 0 saturated carbocycles. The van der Waals surface area contributed by atoms with Crippen LogP contribution in [0.3, 0.4) is 0 Å².